The summed E-state index contributed by atoms with van der Waals surface area (Å²) >= 11 is 0. The first-order valence-electron chi connectivity index (χ1n) is 5.79. The number of isocyanates is 1. The van der Waals surface area contributed by atoms with Crippen LogP contribution < -0.4 is 0 Å². The van der Waals surface area contributed by atoms with Gasteiger partial charge in [0.2, 0.25) is 6.08 Å². The van der Waals surface area contributed by atoms with Crippen molar-refractivity contribution in [2.24, 2.45) is 4.99 Å². The zero-order chi connectivity index (χ0) is 12.0. The number of hydrogen-bond donors (Lipinski definition) is 0. The van der Waals surface area contributed by atoms with Crippen LogP contribution in [0.5, 0.6) is 0 Å². The molecular formula is C13H11F2NO. The molecule has 2 aliphatic rings. The van der Waals surface area contributed by atoms with Crippen molar-refractivity contribution in [2.45, 2.75) is 38.3 Å². The molecule has 0 unspecified atom stereocenters. The Bertz CT molecular complexity index is 547. The van der Waals surface area contributed by atoms with E-state index in [-0.39, 0.29) is 18.7 Å². The van der Waals surface area contributed by atoms with Gasteiger partial charge in [0.1, 0.15) is 12.0 Å². The molecule has 0 N–H and O–H groups in total. The van der Waals surface area contributed by atoms with Gasteiger partial charge in [0.15, 0.2) is 0 Å². The first-order valence-corrected chi connectivity index (χ1v) is 5.79. The van der Waals surface area contributed by atoms with E-state index in [9.17, 15) is 13.6 Å². The van der Waals surface area contributed by atoms with Crippen molar-refractivity contribution in [3.8, 4) is 0 Å². The normalized spacial score (nSPS) is 20.9. The third kappa shape index (κ3) is 1.44. The molecule has 0 aromatic heterocycles. The second kappa shape index (κ2) is 3.74. The van der Waals surface area contributed by atoms with Gasteiger partial charge in [0.25, 0.3) is 0 Å². The van der Waals surface area contributed by atoms with Crippen LogP contribution in [0.2, 0.25) is 0 Å². The minimum atomic E-state index is -1.05. The fourth-order valence-electron chi connectivity index (χ4n) is 3.02. The Morgan fingerprint density at radius 3 is 2.59 bits per heavy atom. The van der Waals surface area contributed by atoms with Gasteiger partial charge in [-0.1, -0.05) is 0 Å². The molecule has 0 saturated carbocycles. The van der Waals surface area contributed by atoms with Crippen molar-refractivity contribution in [1.82, 2.24) is 0 Å². The Morgan fingerprint density at radius 1 is 1.12 bits per heavy atom. The number of halogens is 2. The van der Waals surface area contributed by atoms with Gasteiger partial charge in [-0.15, -0.1) is 0 Å². The van der Waals surface area contributed by atoms with Crippen molar-refractivity contribution >= 4 is 11.8 Å². The van der Waals surface area contributed by atoms with Crippen LogP contribution in [-0.4, -0.2) is 12.3 Å². The van der Waals surface area contributed by atoms with E-state index >= 15 is 0 Å². The van der Waals surface area contributed by atoms with Crippen LogP contribution in [-0.2, 0) is 30.5 Å². The Labute approximate surface area is 97.4 Å². The van der Waals surface area contributed by atoms with Gasteiger partial charge in [-0.25, -0.2) is 13.6 Å². The molecule has 0 aliphatic heterocycles. The summed E-state index contributed by atoms with van der Waals surface area (Å²) in [6.07, 6.45) is 2.98. The molecule has 3 rings (SSSR count). The molecule has 2 aliphatic carbocycles. The van der Waals surface area contributed by atoms with E-state index in [1.54, 1.807) is 0 Å². The van der Waals surface area contributed by atoms with Crippen LogP contribution in [0.25, 0.3) is 0 Å². The standard InChI is InChI=1S/C13H11F2NO/c14-7-4-10-11(5-7)13(16-6-17)9-3-1-2-8(9)12(10)15/h7H,1-5H2/t7-/m0/s1. The van der Waals surface area contributed by atoms with Crippen molar-refractivity contribution in [1.29, 1.82) is 0 Å². The maximum atomic E-state index is 14.2. The van der Waals surface area contributed by atoms with Crippen molar-refractivity contribution in [3.63, 3.8) is 0 Å². The molecule has 0 fully saturated rings. The second-order valence-electron chi connectivity index (χ2n) is 4.64. The Morgan fingerprint density at radius 2 is 1.82 bits per heavy atom. The lowest BCUT2D eigenvalue weighted by Gasteiger charge is -2.11. The van der Waals surface area contributed by atoms with Crippen LogP contribution in [0.15, 0.2) is 4.99 Å². The van der Waals surface area contributed by atoms with Gasteiger partial charge in [-0.05, 0) is 41.5 Å². The summed E-state index contributed by atoms with van der Waals surface area (Å²) in [5, 5.41) is 0. The van der Waals surface area contributed by atoms with Crippen LogP contribution in [0, 0.1) is 5.82 Å². The van der Waals surface area contributed by atoms with Crippen molar-refractivity contribution < 1.29 is 13.6 Å². The summed E-state index contributed by atoms with van der Waals surface area (Å²) in [4.78, 5) is 14.1. The highest BCUT2D eigenvalue weighted by molar-refractivity contribution is 5.66. The molecule has 0 saturated heterocycles. The molecule has 0 spiro atoms. The maximum Gasteiger partial charge on any atom is 0.240 e. The van der Waals surface area contributed by atoms with E-state index in [1.165, 1.54) is 6.08 Å². The topological polar surface area (TPSA) is 29.4 Å². The zero-order valence-electron chi connectivity index (χ0n) is 9.22. The summed E-state index contributed by atoms with van der Waals surface area (Å²) in [7, 11) is 0. The molecule has 0 radical (unpaired) electrons. The number of carbonyl (C=O) groups excluding carboxylic acids is 1. The molecule has 88 valence electrons. The Kier molecular flexibility index (Phi) is 2.33. The Hall–Kier alpha value is -1.54. The van der Waals surface area contributed by atoms with E-state index in [1.807, 2.05) is 0 Å². The SMILES string of the molecule is O=C=Nc1c2c(c(F)c3c1C[C@@H](F)C3)CCC2. The summed E-state index contributed by atoms with van der Waals surface area (Å²) in [5.41, 5.74) is 2.92. The average Bonchev–Trinajstić information content (AvgIpc) is 2.90. The first kappa shape index (κ1) is 10.6. The molecule has 1 aromatic carbocycles. The smallest absolute Gasteiger partial charge is 0.240 e. The van der Waals surface area contributed by atoms with Gasteiger partial charge in [0, 0.05) is 12.8 Å². The highest BCUT2D eigenvalue weighted by atomic mass is 19.1. The molecule has 17 heavy (non-hydrogen) atoms. The predicted molar refractivity (Wildman–Crippen MR) is 58.5 cm³/mol. The van der Waals surface area contributed by atoms with Gasteiger partial charge >= 0.3 is 0 Å². The average molecular weight is 235 g/mol. The molecule has 4 heteroatoms. The number of benzene rings is 1. The van der Waals surface area contributed by atoms with E-state index in [0.29, 0.717) is 28.8 Å². The molecule has 2 nitrogen and oxygen atoms in total. The summed E-state index contributed by atoms with van der Waals surface area (Å²) in [5.74, 6) is -0.266. The van der Waals surface area contributed by atoms with E-state index in [4.69, 9.17) is 0 Å². The lowest BCUT2D eigenvalue weighted by atomic mass is 9.98. The lowest BCUT2D eigenvalue weighted by Crippen LogP contribution is -1.99. The number of aliphatic imine (C=N–C) groups is 1. The molecule has 1 atom stereocenters. The maximum absolute atomic E-state index is 14.2. The summed E-state index contributed by atoms with van der Waals surface area (Å²) in [6, 6.07) is 0. The minimum absolute atomic E-state index is 0.107. The third-order valence-corrected chi connectivity index (χ3v) is 3.69. The van der Waals surface area contributed by atoms with Gasteiger partial charge < -0.3 is 0 Å². The summed E-state index contributed by atoms with van der Waals surface area (Å²) < 4.78 is 27.6. The largest absolute Gasteiger partial charge is 0.247 e. The number of alkyl halides is 1. The molecular weight excluding hydrogens is 224 g/mol. The molecule has 0 heterocycles. The van der Waals surface area contributed by atoms with E-state index in [2.05, 4.69) is 4.99 Å². The molecule has 1 aromatic rings. The first-order chi connectivity index (χ1) is 8.22. The molecule has 0 bridgehead atoms. The Balaban J connectivity index is 2.31. The monoisotopic (exact) mass is 235 g/mol. The predicted octanol–water partition coefficient (Wildman–Crippen LogP) is 2.72. The lowest BCUT2D eigenvalue weighted by molar-refractivity contribution is 0.347. The van der Waals surface area contributed by atoms with Crippen molar-refractivity contribution in [3.05, 3.63) is 28.1 Å². The zero-order valence-corrected chi connectivity index (χ0v) is 9.22. The number of nitrogens with zero attached hydrogens (tertiary/aromatic N) is 1. The fraction of sp³-hybridized carbons (Fsp3) is 0.462. The van der Waals surface area contributed by atoms with Crippen LogP contribution >= 0.6 is 0 Å². The molecule has 0 amide bonds. The van der Waals surface area contributed by atoms with Crippen molar-refractivity contribution in [2.75, 3.05) is 0 Å². The van der Waals surface area contributed by atoms with Crippen LogP contribution in [0.3, 0.4) is 0 Å². The summed E-state index contributed by atoms with van der Waals surface area (Å²) in [6.45, 7) is 0. The van der Waals surface area contributed by atoms with Gasteiger partial charge in [0.05, 0.1) is 5.69 Å². The number of fused-ring (bicyclic) bond motifs is 2. The second-order valence-corrected chi connectivity index (χ2v) is 4.64. The van der Waals surface area contributed by atoms with Gasteiger partial charge in [-0.2, -0.15) is 4.99 Å². The number of hydrogen-bond acceptors (Lipinski definition) is 2. The van der Waals surface area contributed by atoms with Crippen LogP contribution in [0.1, 0.15) is 28.7 Å². The fourth-order valence-corrected chi connectivity index (χ4v) is 3.02. The highest BCUT2D eigenvalue weighted by Crippen LogP contribution is 2.42. The quantitative estimate of drug-likeness (QED) is 0.543. The van der Waals surface area contributed by atoms with E-state index in [0.717, 1.165) is 18.4 Å². The van der Waals surface area contributed by atoms with E-state index < -0.39 is 6.17 Å². The third-order valence-electron chi connectivity index (χ3n) is 3.69. The van der Waals surface area contributed by atoms with Gasteiger partial charge in [-0.3, -0.25) is 0 Å². The highest BCUT2D eigenvalue weighted by Gasteiger charge is 2.32. The minimum Gasteiger partial charge on any atom is -0.247 e. The number of rotatable bonds is 1. The van der Waals surface area contributed by atoms with Crippen LogP contribution in [0.4, 0.5) is 14.5 Å².